The molecule has 0 atom stereocenters. The fraction of sp³-hybridized carbons (Fsp3) is 0.611. The summed E-state index contributed by atoms with van der Waals surface area (Å²) in [5, 5.41) is 13.1. The van der Waals surface area contributed by atoms with Crippen LogP contribution in [-0.4, -0.2) is 37.1 Å². The van der Waals surface area contributed by atoms with Crippen molar-refractivity contribution in [3.63, 3.8) is 0 Å². The lowest BCUT2D eigenvalue weighted by molar-refractivity contribution is 0.218. The molecule has 0 unspecified atom stereocenters. The third-order valence-corrected chi connectivity index (χ3v) is 4.73. The van der Waals surface area contributed by atoms with E-state index in [1.54, 1.807) is 0 Å². The Morgan fingerprint density at radius 3 is 2.57 bits per heavy atom. The van der Waals surface area contributed by atoms with Crippen LogP contribution >= 0.6 is 0 Å². The van der Waals surface area contributed by atoms with Crippen molar-refractivity contribution in [1.29, 1.82) is 5.26 Å². The Balaban J connectivity index is 1.72. The van der Waals surface area contributed by atoms with Crippen molar-refractivity contribution in [3.8, 4) is 6.07 Å². The number of nitrogens with zero attached hydrogens (tertiary/aromatic N) is 2. The maximum absolute atomic E-state index is 9.53. The van der Waals surface area contributed by atoms with Gasteiger partial charge < -0.3 is 10.2 Å². The minimum absolute atomic E-state index is 0.256. The summed E-state index contributed by atoms with van der Waals surface area (Å²) in [7, 11) is 2.17. The zero-order valence-corrected chi connectivity index (χ0v) is 13.5. The van der Waals surface area contributed by atoms with Gasteiger partial charge in [-0.3, -0.25) is 0 Å². The Hall–Kier alpha value is -1.37. The SMILES string of the molecule is CC(C)N(C)CCCNC1CC(C#N)(c2ccccc2)C1. The highest BCUT2D eigenvalue weighted by molar-refractivity contribution is 5.36. The van der Waals surface area contributed by atoms with Crippen LogP contribution < -0.4 is 5.32 Å². The molecule has 0 heterocycles. The van der Waals surface area contributed by atoms with Gasteiger partial charge in [0.1, 0.15) is 0 Å². The van der Waals surface area contributed by atoms with E-state index in [-0.39, 0.29) is 5.41 Å². The number of rotatable bonds is 7. The van der Waals surface area contributed by atoms with Gasteiger partial charge >= 0.3 is 0 Å². The average Bonchev–Trinajstić information content (AvgIpc) is 2.46. The van der Waals surface area contributed by atoms with Gasteiger partial charge in [-0.2, -0.15) is 5.26 Å². The summed E-state index contributed by atoms with van der Waals surface area (Å²) in [6, 6.07) is 13.9. The number of hydrogen-bond donors (Lipinski definition) is 1. The molecule has 2 rings (SSSR count). The van der Waals surface area contributed by atoms with Crippen LogP contribution in [-0.2, 0) is 5.41 Å². The molecule has 114 valence electrons. The van der Waals surface area contributed by atoms with Crippen molar-refractivity contribution in [2.45, 2.75) is 50.6 Å². The van der Waals surface area contributed by atoms with Gasteiger partial charge in [-0.15, -0.1) is 0 Å². The molecule has 1 N–H and O–H groups in total. The van der Waals surface area contributed by atoms with Gasteiger partial charge in [-0.1, -0.05) is 30.3 Å². The fourth-order valence-corrected chi connectivity index (χ4v) is 2.97. The summed E-state index contributed by atoms with van der Waals surface area (Å²) >= 11 is 0. The van der Waals surface area contributed by atoms with Crippen LogP contribution in [0, 0.1) is 11.3 Å². The lowest BCUT2D eigenvalue weighted by Crippen LogP contribution is -2.51. The van der Waals surface area contributed by atoms with Crippen molar-refractivity contribution >= 4 is 0 Å². The molecule has 0 amide bonds. The molecule has 0 bridgehead atoms. The highest BCUT2D eigenvalue weighted by Gasteiger charge is 2.45. The molecule has 0 saturated heterocycles. The predicted molar refractivity (Wildman–Crippen MR) is 87.1 cm³/mol. The van der Waals surface area contributed by atoms with Crippen molar-refractivity contribution in [3.05, 3.63) is 35.9 Å². The molecule has 21 heavy (non-hydrogen) atoms. The lowest BCUT2D eigenvalue weighted by Gasteiger charge is -2.43. The first-order chi connectivity index (χ1) is 10.1. The summed E-state index contributed by atoms with van der Waals surface area (Å²) in [5.74, 6) is 0. The third-order valence-electron chi connectivity index (χ3n) is 4.73. The molecule has 0 spiro atoms. The molecule has 1 aromatic rings. The van der Waals surface area contributed by atoms with E-state index in [0.29, 0.717) is 12.1 Å². The zero-order valence-electron chi connectivity index (χ0n) is 13.5. The van der Waals surface area contributed by atoms with Crippen LogP contribution in [0.1, 0.15) is 38.7 Å². The topological polar surface area (TPSA) is 39.1 Å². The standard InChI is InChI=1S/C18H27N3/c1-15(2)21(3)11-7-10-20-17-12-18(13-17,14-19)16-8-5-4-6-9-16/h4-6,8-9,15,17,20H,7,10-13H2,1-3H3. The molecule has 0 radical (unpaired) electrons. The van der Waals surface area contributed by atoms with Crippen LogP contribution in [0.25, 0.3) is 0 Å². The zero-order chi connectivity index (χ0) is 15.3. The van der Waals surface area contributed by atoms with Gasteiger partial charge in [0, 0.05) is 12.1 Å². The second-order valence-corrected chi connectivity index (χ2v) is 6.55. The van der Waals surface area contributed by atoms with Crippen molar-refractivity contribution in [2.24, 2.45) is 0 Å². The van der Waals surface area contributed by atoms with E-state index in [2.05, 4.69) is 49.3 Å². The monoisotopic (exact) mass is 285 g/mol. The maximum Gasteiger partial charge on any atom is 0.0852 e. The number of nitriles is 1. The fourth-order valence-electron chi connectivity index (χ4n) is 2.97. The van der Waals surface area contributed by atoms with Crippen LogP contribution in [0.5, 0.6) is 0 Å². The van der Waals surface area contributed by atoms with Gasteiger partial charge in [-0.05, 0) is 58.8 Å². The van der Waals surface area contributed by atoms with Crippen LogP contribution in [0.4, 0.5) is 0 Å². The van der Waals surface area contributed by atoms with Crippen LogP contribution in [0.15, 0.2) is 30.3 Å². The van der Waals surface area contributed by atoms with Gasteiger partial charge in [0.2, 0.25) is 0 Å². The van der Waals surface area contributed by atoms with E-state index in [9.17, 15) is 5.26 Å². The highest BCUT2D eigenvalue weighted by atomic mass is 15.1. The Morgan fingerprint density at radius 2 is 2.00 bits per heavy atom. The molecular formula is C18H27N3. The summed E-state index contributed by atoms with van der Waals surface area (Å²) in [5.41, 5.74) is 0.915. The quantitative estimate of drug-likeness (QED) is 0.783. The van der Waals surface area contributed by atoms with Gasteiger partial charge in [0.15, 0.2) is 0 Å². The van der Waals surface area contributed by atoms with E-state index < -0.39 is 0 Å². The molecule has 1 aliphatic rings. The predicted octanol–water partition coefficient (Wildman–Crippen LogP) is 2.93. The first-order valence-corrected chi connectivity index (χ1v) is 7.98. The largest absolute Gasteiger partial charge is 0.314 e. The maximum atomic E-state index is 9.53. The van der Waals surface area contributed by atoms with Crippen LogP contribution in [0.3, 0.4) is 0 Å². The molecule has 0 aromatic heterocycles. The Kier molecular flexibility index (Phi) is 5.39. The molecule has 0 aliphatic heterocycles. The number of nitrogens with one attached hydrogen (secondary N) is 1. The second-order valence-electron chi connectivity index (χ2n) is 6.55. The number of benzene rings is 1. The molecular weight excluding hydrogens is 258 g/mol. The van der Waals surface area contributed by atoms with E-state index >= 15 is 0 Å². The van der Waals surface area contributed by atoms with Crippen molar-refractivity contribution in [1.82, 2.24) is 10.2 Å². The lowest BCUT2D eigenvalue weighted by atomic mass is 9.62. The van der Waals surface area contributed by atoms with Crippen molar-refractivity contribution < 1.29 is 0 Å². The van der Waals surface area contributed by atoms with Crippen LogP contribution in [0.2, 0.25) is 0 Å². The first kappa shape index (κ1) is 16.0. The second kappa shape index (κ2) is 7.06. The van der Waals surface area contributed by atoms with Gasteiger partial charge in [0.25, 0.3) is 0 Å². The summed E-state index contributed by atoms with van der Waals surface area (Å²) in [4.78, 5) is 2.37. The van der Waals surface area contributed by atoms with E-state index in [0.717, 1.165) is 32.4 Å². The smallest absolute Gasteiger partial charge is 0.0852 e. The molecule has 3 nitrogen and oxygen atoms in total. The minimum Gasteiger partial charge on any atom is -0.314 e. The number of hydrogen-bond acceptors (Lipinski definition) is 3. The first-order valence-electron chi connectivity index (χ1n) is 7.98. The van der Waals surface area contributed by atoms with Gasteiger partial charge in [0.05, 0.1) is 11.5 Å². The molecule has 1 aromatic carbocycles. The molecule has 1 aliphatic carbocycles. The summed E-state index contributed by atoms with van der Waals surface area (Å²) < 4.78 is 0. The van der Waals surface area contributed by atoms with Crippen molar-refractivity contribution in [2.75, 3.05) is 20.1 Å². The molecule has 1 fully saturated rings. The average molecular weight is 285 g/mol. The normalized spacial score (nSPS) is 24.9. The Morgan fingerprint density at radius 1 is 1.33 bits per heavy atom. The minimum atomic E-state index is -0.256. The molecule has 3 heteroatoms. The third kappa shape index (κ3) is 3.84. The van der Waals surface area contributed by atoms with Gasteiger partial charge in [-0.25, -0.2) is 0 Å². The summed E-state index contributed by atoms with van der Waals surface area (Å²) in [6.07, 6.45) is 3.04. The Labute approximate surface area is 129 Å². The highest BCUT2D eigenvalue weighted by Crippen LogP contribution is 2.43. The molecule has 1 saturated carbocycles. The Bertz CT molecular complexity index is 469. The van der Waals surface area contributed by atoms with E-state index in [4.69, 9.17) is 0 Å². The van der Waals surface area contributed by atoms with E-state index in [1.807, 2.05) is 18.2 Å². The van der Waals surface area contributed by atoms with E-state index in [1.165, 1.54) is 5.56 Å². The summed E-state index contributed by atoms with van der Waals surface area (Å²) in [6.45, 7) is 6.61.